The van der Waals surface area contributed by atoms with Crippen molar-refractivity contribution in [3.63, 3.8) is 0 Å². The van der Waals surface area contributed by atoms with Crippen molar-refractivity contribution in [1.29, 1.82) is 0 Å². The third-order valence-corrected chi connectivity index (χ3v) is 4.24. The highest BCUT2D eigenvalue weighted by Gasteiger charge is 2.26. The summed E-state index contributed by atoms with van der Waals surface area (Å²) in [5.74, 6) is 0.946. The van der Waals surface area contributed by atoms with E-state index in [4.69, 9.17) is 21.1 Å². The highest BCUT2D eigenvalue weighted by atomic mass is 35.5. The van der Waals surface area contributed by atoms with Gasteiger partial charge in [0.1, 0.15) is 23.9 Å². The van der Waals surface area contributed by atoms with Crippen LogP contribution >= 0.6 is 11.6 Å². The standard InChI is InChI=1S/C17H18ClN3O3/c1-23-16-10-14(19-11-20-16)17(22)21-8-6-12(7-9-21)24-15-5-3-2-4-13(15)18/h2-5,10-12H,6-9H2,1H3. The molecule has 3 rings (SSSR count). The number of halogens is 1. The molecule has 2 aromatic rings. The van der Waals surface area contributed by atoms with E-state index in [9.17, 15) is 4.79 Å². The van der Waals surface area contributed by atoms with Crippen molar-refractivity contribution in [1.82, 2.24) is 14.9 Å². The number of carbonyl (C=O) groups excluding carboxylic acids is 1. The number of carbonyl (C=O) groups is 1. The van der Waals surface area contributed by atoms with Crippen LogP contribution in [0.3, 0.4) is 0 Å². The maximum Gasteiger partial charge on any atom is 0.272 e. The Bertz CT molecular complexity index is 718. The Labute approximate surface area is 145 Å². The molecule has 1 saturated heterocycles. The number of hydrogen-bond donors (Lipinski definition) is 0. The van der Waals surface area contributed by atoms with Crippen LogP contribution in [0, 0.1) is 0 Å². The molecule has 0 radical (unpaired) electrons. The van der Waals surface area contributed by atoms with E-state index in [0.717, 1.165) is 12.8 Å². The van der Waals surface area contributed by atoms with Gasteiger partial charge in [0.05, 0.1) is 12.1 Å². The Morgan fingerprint density at radius 2 is 2.00 bits per heavy atom. The van der Waals surface area contributed by atoms with Gasteiger partial charge in [-0.3, -0.25) is 4.79 Å². The van der Waals surface area contributed by atoms with Gasteiger partial charge in [-0.15, -0.1) is 0 Å². The molecule has 1 amide bonds. The smallest absolute Gasteiger partial charge is 0.272 e. The number of nitrogens with zero attached hydrogens (tertiary/aromatic N) is 3. The molecule has 1 aromatic carbocycles. The average Bonchev–Trinajstić information content (AvgIpc) is 2.64. The molecule has 1 aliphatic rings. The summed E-state index contributed by atoms with van der Waals surface area (Å²) >= 11 is 6.12. The van der Waals surface area contributed by atoms with Crippen LogP contribution in [-0.2, 0) is 0 Å². The minimum absolute atomic E-state index is 0.0499. The minimum atomic E-state index is -0.119. The number of para-hydroxylation sites is 1. The molecule has 0 unspecified atom stereocenters. The predicted molar refractivity (Wildman–Crippen MR) is 89.6 cm³/mol. The highest BCUT2D eigenvalue weighted by Crippen LogP contribution is 2.27. The topological polar surface area (TPSA) is 64.5 Å². The lowest BCUT2D eigenvalue weighted by molar-refractivity contribution is 0.0589. The van der Waals surface area contributed by atoms with Gasteiger partial charge in [0.25, 0.3) is 5.91 Å². The van der Waals surface area contributed by atoms with Crippen LogP contribution in [0.4, 0.5) is 0 Å². The third kappa shape index (κ3) is 3.76. The molecular formula is C17H18ClN3O3. The van der Waals surface area contributed by atoms with Crippen LogP contribution in [0.1, 0.15) is 23.3 Å². The summed E-state index contributed by atoms with van der Waals surface area (Å²) in [6.07, 6.45) is 2.88. The number of benzene rings is 1. The van der Waals surface area contributed by atoms with Gasteiger partial charge >= 0.3 is 0 Å². The van der Waals surface area contributed by atoms with Gasteiger partial charge in [0.2, 0.25) is 5.88 Å². The largest absolute Gasteiger partial charge is 0.489 e. The van der Waals surface area contributed by atoms with Crippen molar-refractivity contribution in [3.8, 4) is 11.6 Å². The van der Waals surface area contributed by atoms with Crippen LogP contribution < -0.4 is 9.47 Å². The van der Waals surface area contributed by atoms with E-state index in [1.165, 1.54) is 13.4 Å². The normalized spacial score (nSPS) is 15.2. The number of amides is 1. The SMILES string of the molecule is COc1cc(C(=O)N2CCC(Oc3ccccc3Cl)CC2)ncn1. The Morgan fingerprint density at radius 3 is 2.71 bits per heavy atom. The van der Waals surface area contributed by atoms with Crippen molar-refractivity contribution < 1.29 is 14.3 Å². The van der Waals surface area contributed by atoms with E-state index in [2.05, 4.69) is 9.97 Å². The van der Waals surface area contributed by atoms with Gasteiger partial charge in [-0.2, -0.15) is 0 Å². The Balaban J connectivity index is 1.58. The quantitative estimate of drug-likeness (QED) is 0.851. The first kappa shape index (κ1) is 16.5. The lowest BCUT2D eigenvalue weighted by Gasteiger charge is -2.32. The molecule has 7 heteroatoms. The fraction of sp³-hybridized carbons (Fsp3) is 0.353. The first-order valence-electron chi connectivity index (χ1n) is 7.74. The number of methoxy groups -OCH3 is 1. The summed E-state index contributed by atoms with van der Waals surface area (Å²) in [5, 5.41) is 0.601. The first-order valence-corrected chi connectivity index (χ1v) is 8.11. The minimum Gasteiger partial charge on any atom is -0.489 e. The molecule has 24 heavy (non-hydrogen) atoms. The molecule has 6 nitrogen and oxygen atoms in total. The summed E-state index contributed by atoms with van der Waals surface area (Å²) in [7, 11) is 1.51. The molecule has 0 saturated carbocycles. The number of aromatic nitrogens is 2. The Kier molecular flexibility index (Phi) is 5.15. The van der Waals surface area contributed by atoms with Crippen LogP contribution in [0.5, 0.6) is 11.6 Å². The lowest BCUT2D eigenvalue weighted by atomic mass is 10.1. The predicted octanol–water partition coefficient (Wildman–Crippen LogP) is 2.82. The van der Waals surface area contributed by atoms with Crippen molar-refractivity contribution in [2.75, 3.05) is 20.2 Å². The van der Waals surface area contributed by atoms with Gasteiger partial charge in [-0.1, -0.05) is 23.7 Å². The number of piperidine rings is 1. The fourth-order valence-electron chi connectivity index (χ4n) is 2.63. The van der Waals surface area contributed by atoms with Crippen molar-refractivity contribution in [2.45, 2.75) is 18.9 Å². The third-order valence-electron chi connectivity index (χ3n) is 3.93. The first-order chi connectivity index (χ1) is 11.7. The molecule has 126 valence electrons. The van der Waals surface area contributed by atoms with Crippen molar-refractivity contribution >= 4 is 17.5 Å². The van der Waals surface area contributed by atoms with Gasteiger partial charge in [0.15, 0.2) is 0 Å². The zero-order chi connectivity index (χ0) is 16.9. The average molecular weight is 348 g/mol. The van der Waals surface area contributed by atoms with E-state index in [0.29, 0.717) is 35.4 Å². The molecule has 2 heterocycles. The Hall–Kier alpha value is -2.34. The van der Waals surface area contributed by atoms with Crippen molar-refractivity contribution in [2.24, 2.45) is 0 Å². The lowest BCUT2D eigenvalue weighted by Crippen LogP contribution is -2.42. The number of likely N-dealkylation sites (tertiary alicyclic amines) is 1. The van der Waals surface area contributed by atoms with Crippen LogP contribution in [0.2, 0.25) is 5.02 Å². The van der Waals surface area contributed by atoms with E-state index in [1.807, 2.05) is 18.2 Å². The number of rotatable bonds is 4. The molecule has 0 atom stereocenters. The van der Waals surface area contributed by atoms with E-state index >= 15 is 0 Å². The molecule has 0 bridgehead atoms. The molecule has 0 N–H and O–H groups in total. The maximum atomic E-state index is 12.5. The molecule has 1 aromatic heterocycles. The van der Waals surface area contributed by atoms with Gasteiger partial charge in [-0.25, -0.2) is 9.97 Å². The Morgan fingerprint density at radius 1 is 1.25 bits per heavy atom. The van der Waals surface area contributed by atoms with Crippen molar-refractivity contribution in [3.05, 3.63) is 47.4 Å². The molecular weight excluding hydrogens is 330 g/mol. The van der Waals surface area contributed by atoms with Gasteiger partial charge < -0.3 is 14.4 Å². The fourth-order valence-corrected chi connectivity index (χ4v) is 2.81. The zero-order valence-corrected chi connectivity index (χ0v) is 14.1. The second-order valence-electron chi connectivity index (χ2n) is 5.49. The van der Waals surface area contributed by atoms with Crippen LogP contribution in [-0.4, -0.2) is 47.1 Å². The van der Waals surface area contributed by atoms with Gasteiger partial charge in [0, 0.05) is 32.0 Å². The number of ether oxygens (including phenoxy) is 2. The van der Waals surface area contributed by atoms with Crippen LogP contribution in [0.15, 0.2) is 36.7 Å². The molecule has 0 spiro atoms. The van der Waals surface area contributed by atoms with Crippen LogP contribution in [0.25, 0.3) is 0 Å². The number of hydrogen-bond acceptors (Lipinski definition) is 5. The van der Waals surface area contributed by atoms with E-state index < -0.39 is 0 Å². The van der Waals surface area contributed by atoms with E-state index in [-0.39, 0.29) is 12.0 Å². The van der Waals surface area contributed by atoms with Gasteiger partial charge in [-0.05, 0) is 12.1 Å². The summed E-state index contributed by atoms with van der Waals surface area (Å²) < 4.78 is 11.0. The summed E-state index contributed by atoms with van der Waals surface area (Å²) in [4.78, 5) is 22.2. The second-order valence-corrected chi connectivity index (χ2v) is 5.89. The van der Waals surface area contributed by atoms with E-state index in [1.54, 1.807) is 17.0 Å². The summed E-state index contributed by atoms with van der Waals surface area (Å²) in [5.41, 5.74) is 0.340. The molecule has 1 fully saturated rings. The highest BCUT2D eigenvalue weighted by molar-refractivity contribution is 6.32. The molecule has 1 aliphatic heterocycles. The maximum absolute atomic E-state index is 12.5. The molecule has 0 aliphatic carbocycles. The monoisotopic (exact) mass is 347 g/mol. The summed E-state index contributed by atoms with van der Waals surface area (Å²) in [6, 6.07) is 8.97. The zero-order valence-electron chi connectivity index (χ0n) is 13.3. The second kappa shape index (κ2) is 7.49. The summed E-state index contributed by atoms with van der Waals surface area (Å²) in [6.45, 7) is 1.22.